The minimum absolute atomic E-state index is 0.155. The predicted octanol–water partition coefficient (Wildman–Crippen LogP) is 5.75. The molecule has 1 heterocycles. The molecule has 1 N–H and O–H groups in total. The van der Waals surface area contributed by atoms with Crippen LogP contribution in [0.25, 0.3) is 11.0 Å². The van der Waals surface area contributed by atoms with Gasteiger partial charge in [-0.05, 0) is 54.1 Å². The van der Waals surface area contributed by atoms with E-state index in [9.17, 15) is 10.1 Å². The van der Waals surface area contributed by atoms with Crippen LogP contribution < -0.4 is 19.5 Å². The molecule has 3 aromatic carbocycles. The monoisotopic (exact) mass is 468 g/mol. The number of carbonyl (C=O) groups excluding carboxylic acids is 1. The van der Waals surface area contributed by atoms with Gasteiger partial charge in [-0.25, -0.2) is 0 Å². The number of hydrogen-bond donors (Lipinski definition) is 1. The zero-order chi connectivity index (χ0) is 24.8. The van der Waals surface area contributed by atoms with E-state index in [-0.39, 0.29) is 11.5 Å². The molecule has 0 fully saturated rings. The molecule has 35 heavy (non-hydrogen) atoms. The fraction of sp³-hybridized carbons (Fsp3) is 0.143. The van der Waals surface area contributed by atoms with Gasteiger partial charge in [0.15, 0.2) is 17.1 Å². The molecule has 0 unspecified atom stereocenters. The number of benzene rings is 3. The van der Waals surface area contributed by atoms with Gasteiger partial charge in [0, 0.05) is 34.8 Å². The van der Waals surface area contributed by atoms with Crippen molar-refractivity contribution in [3.63, 3.8) is 0 Å². The first-order valence-electron chi connectivity index (χ1n) is 10.8. The molecule has 7 heteroatoms. The Morgan fingerprint density at radius 1 is 1.00 bits per heavy atom. The number of nitrogens with zero attached hydrogens (tertiary/aromatic N) is 1. The van der Waals surface area contributed by atoms with E-state index < -0.39 is 0 Å². The van der Waals surface area contributed by atoms with Gasteiger partial charge in [0.05, 0.1) is 27.4 Å². The second-order valence-corrected chi connectivity index (χ2v) is 7.65. The van der Waals surface area contributed by atoms with E-state index >= 15 is 0 Å². The van der Waals surface area contributed by atoms with Gasteiger partial charge in [0.1, 0.15) is 5.75 Å². The molecule has 0 amide bonds. The molecule has 176 valence electrons. The van der Waals surface area contributed by atoms with E-state index in [1.807, 2.05) is 30.3 Å². The summed E-state index contributed by atoms with van der Waals surface area (Å²) in [6, 6.07) is 22.1. The van der Waals surface area contributed by atoms with Gasteiger partial charge < -0.3 is 23.9 Å². The molecule has 1 aromatic heterocycles. The number of allylic oxidation sites excluding steroid dienone is 1. The molecule has 0 atom stereocenters. The summed E-state index contributed by atoms with van der Waals surface area (Å²) in [4.78, 5) is 13.1. The van der Waals surface area contributed by atoms with Crippen molar-refractivity contribution in [1.82, 2.24) is 0 Å². The standard InChI is InChI=1S/C28H24N2O5/c1-32-22-11-9-19(10-12-22)26(31)24-15-23-20(14-25(33-2)28(34-3)27(23)35-24)13-18(16-29)17-30-21-7-5-4-6-8-21/h4-12,14-15,17,30H,13H2,1-3H3. The van der Waals surface area contributed by atoms with Crippen LogP contribution in [0.1, 0.15) is 21.7 Å². The fourth-order valence-corrected chi connectivity index (χ4v) is 3.73. The molecule has 7 nitrogen and oxygen atoms in total. The van der Waals surface area contributed by atoms with Crippen molar-refractivity contribution in [1.29, 1.82) is 5.26 Å². The van der Waals surface area contributed by atoms with E-state index in [4.69, 9.17) is 18.6 Å². The smallest absolute Gasteiger partial charge is 0.228 e. The number of fused-ring (bicyclic) bond motifs is 1. The molecular weight excluding hydrogens is 444 g/mol. The minimum atomic E-state index is -0.280. The Labute approximate surface area is 203 Å². The van der Waals surface area contributed by atoms with Crippen molar-refractivity contribution in [2.24, 2.45) is 0 Å². The number of nitrogens with one attached hydrogen (secondary N) is 1. The SMILES string of the molecule is COc1ccc(C(=O)c2cc3c(CC(C#N)=CNc4ccccc4)cc(OC)c(OC)c3o2)cc1. The van der Waals surface area contributed by atoms with Gasteiger partial charge in [-0.1, -0.05) is 18.2 Å². The number of furan rings is 1. The Bertz CT molecular complexity index is 1410. The van der Waals surface area contributed by atoms with Crippen molar-refractivity contribution in [3.8, 4) is 23.3 Å². The van der Waals surface area contributed by atoms with E-state index in [1.165, 1.54) is 14.2 Å². The quantitative estimate of drug-likeness (QED) is 0.247. The van der Waals surface area contributed by atoms with Crippen molar-refractivity contribution >= 4 is 22.4 Å². The maximum Gasteiger partial charge on any atom is 0.228 e. The number of ketones is 1. The zero-order valence-electron chi connectivity index (χ0n) is 19.6. The van der Waals surface area contributed by atoms with Crippen molar-refractivity contribution in [2.45, 2.75) is 6.42 Å². The molecule has 0 saturated heterocycles. The number of nitriles is 1. The van der Waals surface area contributed by atoms with E-state index in [2.05, 4.69) is 11.4 Å². The maximum absolute atomic E-state index is 13.1. The van der Waals surface area contributed by atoms with E-state index in [0.717, 1.165) is 11.3 Å². The van der Waals surface area contributed by atoms with Gasteiger partial charge in [0.2, 0.25) is 11.5 Å². The highest BCUT2D eigenvalue weighted by Gasteiger charge is 2.22. The van der Waals surface area contributed by atoms with Crippen LogP contribution in [-0.4, -0.2) is 27.1 Å². The normalized spacial score (nSPS) is 11.1. The Kier molecular flexibility index (Phi) is 7.03. The number of ether oxygens (including phenoxy) is 3. The largest absolute Gasteiger partial charge is 0.497 e. The number of para-hydroxylation sites is 1. The number of rotatable bonds is 9. The predicted molar refractivity (Wildman–Crippen MR) is 133 cm³/mol. The van der Waals surface area contributed by atoms with Crippen LogP contribution in [-0.2, 0) is 6.42 Å². The van der Waals surface area contributed by atoms with Crippen molar-refractivity contribution in [3.05, 3.63) is 95.4 Å². The molecule has 0 aliphatic carbocycles. The van der Waals surface area contributed by atoms with Crippen LogP contribution in [0, 0.1) is 11.3 Å². The summed E-state index contributed by atoms with van der Waals surface area (Å²) in [5, 5.41) is 13.6. The molecular formula is C28H24N2O5. The summed E-state index contributed by atoms with van der Waals surface area (Å²) in [6.45, 7) is 0. The lowest BCUT2D eigenvalue weighted by atomic mass is 10.0. The summed E-state index contributed by atoms with van der Waals surface area (Å²) in [5.74, 6) is 1.35. The minimum Gasteiger partial charge on any atom is -0.497 e. The number of carbonyl (C=O) groups is 1. The Hall–Kier alpha value is -4.70. The van der Waals surface area contributed by atoms with Gasteiger partial charge in [-0.3, -0.25) is 4.79 Å². The summed E-state index contributed by atoms with van der Waals surface area (Å²) in [6.07, 6.45) is 1.96. The molecule has 0 saturated carbocycles. The van der Waals surface area contributed by atoms with E-state index in [0.29, 0.717) is 45.8 Å². The number of hydrogen-bond acceptors (Lipinski definition) is 7. The first-order valence-corrected chi connectivity index (χ1v) is 10.8. The molecule has 0 aliphatic rings. The highest BCUT2D eigenvalue weighted by Crippen LogP contribution is 2.40. The Morgan fingerprint density at radius 2 is 1.74 bits per heavy atom. The lowest BCUT2D eigenvalue weighted by Gasteiger charge is -2.11. The van der Waals surface area contributed by atoms with Crippen molar-refractivity contribution < 1.29 is 23.4 Å². The third-order valence-corrected chi connectivity index (χ3v) is 5.52. The number of anilines is 1. The van der Waals surface area contributed by atoms with Gasteiger partial charge in [-0.15, -0.1) is 0 Å². The highest BCUT2D eigenvalue weighted by molar-refractivity contribution is 6.09. The Morgan fingerprint density at radius 3 is 2.37 bits per heavy atom. The van der Waals surface area contributed by atoms with Crippen LogP contribution in [0.2, 0.25) is 0 Å². The van der Waals surface area contributed by atoms with Crippen LogP contribution in [0.5, 0.6) is 17.2 Å². The van der Waals surface area contributed by atoms with Crippen molar-refractivity contribution in [2.75, 3.05) is 26.6 Å². The lowest BCUT2D eigenvalue weighted by Crippen LogP contribution is -1.99. The molecule has 0 spiro atoms. The second-order valence-electron chi connectivity index (χ2n) is 7.65. The lowest BCUT2D eigenvalue weighted by molar-refractivity contribution is 0.101. The second kappa shape index (κ2) is 10.5. The van der Waals surface area contributed by atoms with Gasteiger partial charge in [-0.2, -0.15) is 5.26 Å². The van der Waals surface area contributed by atoms with Crippen LogP contribution in [0.15, 0.2) is 82.9 Å². The van der Waals surface area contributed by atoms with Gasteiger partial charge in [0.25, 0.3) is 0 Å². The molecule has 0 bridgehead atoms. The first kappa shape index (κ1) is 23.5. The summed E-state index contributed by atoms with van der Waals surface area (Å²) in [5.41, 5.74) is 2.96. The molecule has 4 aromatic rings. The molecule has 4 rings (SSSR count). The third kappa shape index (κ3) is 4.97. The first-order chi connectivity index (χ1) is 17.1. The molecule has 0 radical (unpaired) electrons. The average molecular weight is 469 g/mol. The van der Waals surface area contributed by atoms with Gasteiger partial charge >= 0.3 is 0 Å². The topological polar surface area (TPSA) is 93.7 Å². The van der Waals surface area contributed by atoms with Crippen LogP contribution in [0.3, 0.4) is 0 Å². The summed E-state index contributed by atoms with van der Waals surface area (Å²) in [7, 11) is 4.60. The fourth-order valence-electron chi connectivity index (χ4n) is 3.73. The summed E-state index contributed by atoms with van der Waals surface area (Å²) >= 11 is 0. The Balaban J connectivity index is 1.74. The van der Waals surface area contributed by atoms with E-state index in [1.54, 1.807) is 49.7 Å². The zero-order valence-corrected chi connectivity index (χ0v) is 19.6. The van der Waals surface area contributed by atoms with Crippen LogP contribution >= 0.6 is 0 Å². The molecule has 0 aliphatic heterocycles. The van der Waals surface area contributed by atoms with Crippen LogP contribution in [0.4, 0.5) is 5.69 Å². The third-order valence-electron chi connectivity index (χ3n) is 5.52. The maximum atomic E-state index is 13.1. The highest BCUT2D eigenvalue weighted by atomic mass is 16.5. The summed E-state index contributed by atoms with van der Waals surface area (Å²) < 4.78 is 22.2. The average Bonchev–Trinajstić information content (AvgIpc) is 3.36. The number of methoxy groups -OCH3 is 3.